The van der Waals surface area contributed by atoms with E-state index in [2.05, 4.69) is 10.6 Å². The van der Waals surface area contributed by atoms with Gasteiger partial charge in [-0.25, -0.2) is 0 Å². The van der Waals surface area contributed by atoms with Crippen LogP contribution in [0.2, 0.25) is 0 Å². The second kappa shape index (κ2) is 7.96. The molecule has 0 aliphatic carbocycles. The Kier molecular flexibility index (Phi) is 5.73. The smallest absolute Gasteiger partial charge is 0.269 e. The lowest BCUT2D eigenvalue weighted by molar-refractivity contribution is -0.384. The van der Waals surface area contributed by atoms with Crippen LogP contribution in [0, 0.1) is 10.1 Å². The van der Waals surface area contributed by atoms with Crippen LogP contribution < -0.4 is 15.5 Å². The van der Waals surface area contributed by atoms with E-state index in [1.807, 2.05) is 31.1 Å². The van der Waals surface area contributed by atoms with Crippen LogP contribution in [0.3, 0.4) is 0 Å². The molecule has 0 aliphatic heterocycles. The third-order valence-corrected chi connectivity index (χ3v) is 3.46. The lowest BCUT2D eigenvalue weighted by Crippen LogP contribution is -2.28. The third-order valence-electron chi connectivity index (χ3n) is 3.46. The average molecular weight is 328 g/mol. The molecule has 0 aliphatic rings. The number of nitro groups is 1. The van der Waals surface area contributed by atoms with Crippen LogP contribution >= 0.6 is 0 Å². The first-order valence-electron chi connectivity index (χ1n) is 7.51. The van der Waals surface area contributed by atoms with E-state index in [0.29, 0.717) is 18.7 Å². The molecule has 7 nitrogen and oxygen atoms in total. The summed E-state index contributed by atoms with van der Waals surface area (Å²) in [6.07, 6.45) is 0. The number of amides is 1. The standard InChI is InChI=1S/C17H20N4O3/c1-20(2)15-7-3-13(4-8-15)17(22)19-12-11-18-14-5-9-16(10-6-14)21(23)24/h3-10,18H,11-12H2,1-2H3,(H,19,22). The van der Waals surface area contributed by atoms with Crippen molar-refractivity contribution in [3.05, 3.63) is 64.2 Å². The maximum Gasteiger partial charge on any atom is 0.269 e. The highest BCUT2D eigenvalue weighted by Crippen LogP contribution is 2.15. The van der Waals surface area contributed by atoms with Crippen molar-refractivity contribution in [3.8, 4) is 0 Å². The molecule has 0 bridgehead atoms. The Morgan fingerprint density at radius 1 is 1.04 bits per heavy atom. The van der Waals surface area contributed by atoms with Crippen molar-refractivity contribution in [2.24, 2.45) is 0 Å². The topological polar surface area (TPSA) is 87.5 Å². The molecule has 7 heteroatoms. The van der Waals surface area contributed by atoms with E-state index >= 15 is 0 Å². The molecule has 2 N–H and O–H groups in total. The number of rotatable bonds is 7. The van der Waals surface area contributed by atoms with Crippen LogP contribution in [0.15, 0.2) is 48.5 Å². The van der Waals surface area contributed by atoms with Gasteiger partial charge in [0.25, 0.3) is 11.6 Å². The number of anilines is 2. The monoisotopic (exact) mass is 328 g/mol. The number of benzene rings is 2. The van der Waals surface area contributed by atoms with E-state index in [1.54, 1.807) is 24.3 Å². The van der Waals surface area contributed by atoms with E-state index in [9.17, 15) is 14.9 Å². The first-order chi connectivity index (χ1) is 11.5. The zero-order valence-electron chi connectivity index (χ0n) is 13.7. The van der Waals surface area contributed by atoms with Crippen LogP contribution in [0.4, 0.5) is 17.1 Å². The van der Waals surface area contributed by atoms with E-state index in [1.165, 1.54) is 12.1 Å². The summed E-state index contributed by atoms with van der Waals surface area (Å²) in [4.78, 5) is 24.1. The Labute approximate surface area is 140 Å². The van der Waals surface area contributed by atoms with Gasteiger partial charge in [0.15, 0.2) is 0 Å². The first kappa shape index (κ1) is 17.3. The largest absolute Gasteiger partial charge is 0.383 e. The van der Waals surface area contributed by atoms with Crippen molar-refractivity contribution >= 4 is 23.0 Å². The van der Waals surface area contributed by atoms with Crippen LogP contribution in [-0.4, -0.2) is 38.0 Å². The second-order valence-electron chi connectivity index (χ2n) is 5.43. The molecular formula is C17H20N4O3. The summed E-state index contributed by atoms with van der Waals surface area (Å²) in [5, 5.41) is 16.5. The normalized spacial score (nSPS) is 10.1. The molecule has 0 fully saturated rings. The number of hydrogen-bond donors (Lipinski definition) is 2. The van der Waals surface area contributed by atoms with Gasteiger partial charge in [0.2, 0.25) is 0 Å². The molecule has 126 valence electrons. The van der Waals surface area contributed by atoms with Gasteiger partial charge in [-0.05, 0) is 36.4 Å². The van der Waals surface area contributed by atoms with E-state index < -0.39 is 4.92 Å². The minimum atomic E-state index is -0.439. The van der Waals surface area contributed by atoms with Crippen molar-refractivity contribution in [1.29, 1.82) is 0 Å². The Bertz CT molecular complexity index is 697. The Morgan fingerprint density at radius 3 is 2.21 bits per heavy atom. The molecule has 0 saturated carbocycles. The maximum absolute atomic E-state index is 12.0. The van der Waals surface area contributed by atoms with E-state index in [-0.39, 0.29) is 11.6 Å². The SMILES string of the molecule is CN(C)c1ccc(C(=O)NCCNc2ccc([N+](=O)[O-])cc2)cc1. The van der Waals surface area contributed by atoms with Gasteiger partial charge in [-0.3, -0.25) is 14.9 Å². The number of carbonyl (C=O) groups is 1. The molecule has 0 radical (unpaired) electrons. The molecule has 2 rings (SSSR count). The number of carbonyl (C=O) groups excluding carboxylic acids is 1. The van der Waals surface area contributed by atoms with Crippen molar-refractivity contribution in [3.63, 3.8) is 0 Å². The lowest BCUT2D eigenvalue weighted by Gasteiger charge is -2.12. The highest BCUT2D eigenvalue weighted by atomic mass is 16.6. The highest BCUT2D eigenvalue weighted by molar-refractivity contribution is 5.94. The van der Waals surface area contributed by atoms with Crippen molar-refractivity contribution in [2.75, 3.05) is 37.4 Å². The van der Waals surface area contributed by atoms with Crippen LogP contribution in [0.5, 0.6) is 0 Å². The second-order valence-corrected chi connectivity index (χ2v) is 5.43. The Balaban J connectivity index is 1.77. The fraction of sp³-hybridized carbons (Fsp3) is 0.235. The summed E-state index contributed by atoms with van der Waals surface area (Å²) < 4.78 is 0. The van der Waals surface area contributed by atoms with E-state index in [4.69, 9.17) is 0 Å². The third kappa shape index (κ3) is 4.70. The summed E-state index contributed by atoms with van der Waals surface area (Å²) in [5.74, 6) is -0.134. The number of non-ortho nitro benzene ring substituents is 1. The van der Waals surface area contributed by atoms with Gasteiger partial charge < -0.3 is 15.5 Å². The minimum absolute atomic E-state index is 0.0509. The molecule has 1 amide bonds. The predicted molar refractivity (Wildman–Crippen MR) is 94.7 cm³/mol. The Morgan fingerprint density at radius 2 is 1.67 bits per heavy atom. The number of nitrogens with one attached hydrogen (secondary N) is 2. The molecule has 2 aromatic rings. The maximum atomic E-state index is 12.0. The van der Waals surface area contributed by atoms with E-state index in [0.717, 1.165) is 11.4 Å². The summed E-state index contributed by atoms with van der Waals surface area (Å²) in [7, 11) is 3.89. The number of nitrogens with zero attached hydrogens (tertiary/aromatic N) is 2. The van der Waals surface area contributed by atoms with Gasteiger partial charge >= 0.3 is 0 Å². The summed E-state index contributed by atoms with van der Waals surface area (Å²) >= 11 is 0. The molecular weight excluding hydrogens is 308 g/mol. The number of hydrogen-bond acceptors (Lipinski definition) is 5. The molecule has 0 aromatic heterocycles. The molecule has 2 aromatic carbocycles. The molecule has 0 saturated heterocycles. The lowest BCUT2D eigenvalue weighted by atomic mass is 10.2. The quantitative estimate of drug-likeness (QED) is 0.463. The van der Waals surface area contributed by atoms with Crippen LogP contribution in [0.1, 0.15) is 10.4 Å². The van der Waals surface area contributed by atoms with Gasteiger partial charge in [-0.2, -0.15) is 0 Å². The van der Waals surface area contributed by atoms with Crippen LogP contribution in [-0.2, 0) is 0 Å². The van der Waals surface area contributed by atoms with Gasteiger partial charge in [-0.15, -0.1) is 0 Å². The minimum Gasteiger partial charge on any atom is -0.383 e. The van der Waals surface area contributed by atoms with Gasteiger partial charge in [-0.1, -0.05) is 0 Å². The number of nitro benzene ring substituents is 1. The van der Waals surface area contributed by atoms with Gasteiger partial charge in [0, 0.05) is 56.3 Å². The molecule has 0 atom stereocenters. The molecule has 0 spiro atoms. The molecule has 0 heterocycles. The zero-order valence-corrected chi connectivity index (χ0v) is 13.7. The summed E-state index contributed by atoms with van der Waals surface area (Å²) in [5.41, 5.74) is 2.46. The van der Waals surface area contributed by atoms with Crippen LogP contribution in [0.25, 0.3) is 0 Å². The first-order valence-corrected chi connectivity index (χ1v) is 7.51. The Hall–Kier alpha value is -3.09. The fourth-order valence-corrected chi connectivity index (χ4v) is 2.10. The predicted octanol–water partition coefficient (Wildman–Crippen LogP) is 2.50. The van der Waals surface area contributed by atoms with Crippen molar-refractivity contribution < 1.29 is 9.72 Å². The molecule has 24 heavy (non-hydrogen) atoms. The molecule has 0 unspecified atom stereocenters. The van der Waals surface area contributed by atoms with Gasteiger partial charge in [0.1, 0.15) is 0 Å². The van der Waals surface area contributed by atoms with Crippen molar-refractivity contribution in [2.45, 2.75) is 0 Å². The highest BCUT2D eigenvalue weighted by Gasteiger charge is 2.06. The average Bonchev–Trinajstić information content (AvgIpc) is 2.59. The van der Waals surface area contributed by atoms with Gasteiger partial charge in [0.05, 0.1) is 4.92 Å². The zero-order chi connectivity index (χ0) is 17.5. The summed E-state index contributed by atoms with van der Waals surface area (Å²) in [6.45, 7) is 0.977. The van der Waals surface area contributed by atoms with Crippen molar-refractivity contribution in [1.82, 2.24) is 5.32 Å². The fourth-order valence-electron chi connectivity index (χ4n) is 2.10. The summed E-state index contributed by atoms with van der Waals surface area (Å²) in [6, 6.07) is 13.5.